The van der Waals surface area contributed by atoms with E-state index in [4.69, 9.17) is 30.6 Å². The molecule has 23 heavy (non-hydrogen) atoms. The van der Waals surface area contributed by atoms with Crippen molar-refractivity contribution in [2.45, 2.75) is 19.3 Å². The van der Waals surface area contributed by atoms with Crippen molar-refractivity contribution in [3.05, 3.63) is 90.8 Å². The monoisotopic (exact) mass is 324 g/mol. The molecule has 10 nitrogen and oxygen atoms in total. The van der Waals surface area contributed by atoms with E-state index in [1.807, 2.05) is 24.8 Å². The van der Waals surface area contributed by atoms with E-state index in [0.717, 1.165) is 12.8 Å². The molecular weight excluding hydrogens is 308 g/mol. The van der Waals surface area contributed by atoms with E-state index < -0.39 is 10.2 Å². The Bertz CT molecular complexity index is 508. The molecule has 0 bridgehead atoms. The Labute approximate surface area is 131 Å². The predicted octanol–water partition coefficient (Wildman–Crippen LogP) is 1.01. The molecule has 0 spiro atoms. The number of aromatic amines is 2. The molecule has 0 radical (unpaired) electrons. The van der Waals surface area contributed by atoms with Crippen molar-refractivity contribution in [3.63, 3.8) is 0 Å². The Kier molecular flexibility index (Phi) is 10.7. The molecule has 0 aliphatic rings. The van der Waals surface area contributed by atoms with Gasteiger partial charge in [0.15, 0.2) is 24.8 Å². The predicted molar refractivity (Wildman–Crippen MR) is 78.7 cm³/mol. The highest BCUT2D eigenvalue weighted by atomic mass is 16.9. The van der Waals surface area contributed by atoms with Crippen molar-refractivity contribution < 1.29 is 20.1 Å². The van der Waals surface area contributed by atoms with E-state index in [1.165, 1.54) is 17.5 Å². The molecule has 2 rings (SSSR count). The highest BCUT2D eigenvalue weighted by molar-refractivity contribution is 5.10. The summed E-state index contributed by atoms with van der Waals surface area (Å²) in [6, 6.07) is 8.55. The summed E-state index contributed by atoms with van der Waals surface area (Å²) in [7, 11) is 0. The number of nitrogens with one attached hydrogen (secondary N) is 2. The van der Waals surface area contributed by atoms with E-state index in [1.54, 1.807) is 0 Å². The maximum atomic E-state index is 8.25. The van der Waals surface area contributed by atoms with Crippen molar-refractivity contribution in [2.75, 3.05) is 0 Å². The maximum Gasteiger partial charge on any atom is 0.167 e. The summed E-state index contributed by atoms with van der Waals surface area (Å²) in [4.78, 5) is 22.6. The van der Waals surface area contributed by atoms with Crippen molar-refractivity contribution in [1.82, 2.24) is 0 Å². The van der Waals surface area contributed by atoms with Crippen LogP contribution >= 0.6 is 0 Å². The second-order valence-electron chi connectivity index (χ2n) is 4.12. The first-order valence-corrected chi connectivity index (χ1v) is 6.45. The lowest BCUT2D eigenvalue weighted by atomic mass is 10.1. The third kappa shape index (κ3) is 14.9. The van der Waals surface area contributed by atoms with Crippen LogP contribution in [0.4, 0.5) is 0 Å². The third-order valence-corrected chi connectivity index (χ3v) is 2.51. The zero-order valence-corrected chi connectivity index (χ0v) is 12.1. The first kappa shape index (κ1) is 19.7. The third-order valence-electron chi connectivity index (χ3n) is 2.51. The average molecular weight is 324 g/mol. The maximum absolute atomic E-state index is 8.25. The normalized spacial score (nSPS) is 8.70. The van der Waals surface area contributed by atoms with Crippen LogP contribution in [0.3, 0.4) is 0 Å². The van der Waals surface area contributed by atoms with Crippen molar-refractivity contribution in [1.29, 1.82) is 0 Å². The van der Waals surface area contributed by atoms with E-state index in [-0.39, 0.29) is 0 Å². The van der Waals surface area contributed by atoms with Gasteiger partial charge in [0.2, 0.25) is 0 Å². The van der Waals surface area contributed by atoms with Crippen molar-refractivity contribution in [3.8, 4) is 0 Å². The summed E-state index contributed by atoms with van der Waals surface area (Å²) >= 11 is 0. The summed E-state index contributed by atoms with van der Waals surface area (Å²) in [6.07, 6.45) is 11.4. The standard InChI is InChI=1S/C13H14N2.2NO3/c1(2-12-4-8-14-9-5-12)3-13-6-10-15-11-7-13;2*2-1(3)4/h4-11H,1-3H2;;/q;2*-1/p+2. The Balaban J connectivity index is 0.000000509. The fourth-order valence-corrected chi connectivity index (χ4v) is 1.67. The van der Waals surface area contributed by atoms with Crippen LogP contribution in [-0.4, -0.2) is 10.2 Å². The fraction of sp³-hybridized carbons (Fsp3) is 0.231. The quantitative estimate of drug-likeness (QED) is 0.602. The fourth-order valence-electron chi connectivity index (χ4n) is 1.67. The van der Waals surface area contributed by atoms with Gasteiger partial charge in [-0.25, -0.2) is 9.97 Å². The SMILES string of the molecule is O=[N+]([O-])[O-].O=[N+]([O-])[O-].c1cc(CCCc2cc[nH+]cc2)cc[nH+]1. The van der Waals surface area contributed by atoms with E-state index in [9.17, 15) is 0 Å². The summed E-state index contributed by atoms with van der Waals surface area (Å²) in [5, 5.41) is 29.5. The molecule has 0 amide bonds. The van der Waals surface area contributed by atoms with Gasteiger partial charge in [0.1, 0.15) is 0 Å². The number of rotatable bonds is 4. The van der Waals surface area contributed by atoms with Gasteiger partial charge in [0, 0.05) is 24.3 Å². The summed E-state index contributed by atoms with van der Waals surface area (Å²) in [5.74, 6) is 0. The van der Waals surface area contributed by atoms with Gasteiger partial charge < -0.3 is 30.6 Å². The van der Waals surface area contributed by atoms with Gasteiger partial charge in [0.05, 0.1) is 10.2 Å². The first-order valence-electron chi connectivity index (χ1n) is 6.45. The van der Waals surface area contributed by atoms with Crippen LogP contribution in [0.1, 0.15) is 17.5 Å². The minimum absolute atomic E-state index is 1.15. The highest BCUT2D eigenvalue weighted by Gasteiger charge is 1.96. The molecule has 0 aliphatic carbocycles. The number of hydrogen-bond donors (Lipinski definition) is 0. The average Bonchev–Trinajstić information content (AvgIpc) is 2.48. The van der Waals surface area contributed by atoms with Crippen LogP contribution in [0.25, 0.3) is 0 Å². The zero-order valence-electron chi connectivity index (χ0n) is 12.1. The summed E-state index contributed by atoms with van der Waals surface area (Å²) < 4.78 is 0. The molecule has 2 heterocycles. The number of H-pyrrole nitrogens is 2. The van der Waals surface area contributed by atoms with Crippen LogP contribution in [0, 0.1) is 30.6 Å². The molecule has 0 atom stereocenters. The Morgan fingerprint density at radius 3 is 1.22 bits per heavy atom. The molecule has 2 aromatic heterocycles. The topological polar surface area (TPSA) is 161 Å². The molecular formula is C13H16N4O6. The smallest absolute Gasteiger partial charge is 0.167 e. The van der Waals surface area contributed by atoms with Crippen molar-refractivity contribution >= 4 is 0 Å². The molecule has 10 heteroatoms. The number of nitrogens with zero attached hydrogens (tertiary/aromatic N) is 2. The number of aromatic nitrogens is 2. The molecule has 0 aromatic carbocycles. The van der Waals surface area contributed by atoms with Crippen LogP contribution < -0.4 is 9.97 Å². The molecule has 2 N–H and O–H groups in total. The van der Waals surface area contributed by atoms with Gasteiger partial charge in [-0.2, -0.15) is 0 Å². The number of pyridine rings is 2. The molecule has 0 saturated heterocycles. The minimum atomic E-state index is -1.75. The van der Waals surface area contributed by atoms with Gasteiger partial charge in [-0.3, -0.25) is 0 Å². The molecule has 0 fully saturated rings. The lowest BCUT2D eigenvalue weighted by molar-refractivity contribution is -0.403. The molecule has 0 saturated carbocycles. The highest BCUT2D eigenvalue weighted by Crippen LogP contribution is 2.05. The molecule has 0 unspecified atom stereocenters. The van der Waals surface area contributed by atoms with Gasteiger partial charge in [-0.15, -0.1) is 0 Å². The summed E-state index contributed by atoms with van der Waals surface area (Å²) in [6.45, 7) is 0. The zero-order chi connectivity index (χ0) is 17.5. The van der Waals surface area contributed by atoms with Gasteiger partial charge in [0.25, 0.3) is 0 Å². The molecule has 2 aromatic rings. The number of hydrogen-bond acceptors (Lipinski definition) is 6. The largest absolute Gasteiger partial charge is 0.356 e. The van der Waals surface area contributed by atoms with Crippen LogP contribution in [0.15, 0.2) is 49.1 Å². The number of aryl methyl sites for hydroxylation is 2. The lowest BCUT2D eigenvalue weighted by Crippen LogP contribution is -2.00. The van der Waals surface area contributed by atoms with Gasteiger partial charge in [-0.05, 0) is 30.4 Å². The van der Waals surface area contributed by atoms with Gasteiger partial charge in [-0.1, -0.05) is 0 Å². The summed E-state index contributed by atoms with van der Waals surface area (Å²) in [5.41, 5.74) is 2.80. The Morgan fingerprint density at radius 1 is 0.696 bits per heavy atom. The van der Waals surface area contributed by atoms with Crippen LogP contribution in [0.5, 0.6) is 0 Å². The van der Waals surface area contributed by atoms with E-state index in [0.29, 0.717) is 0 Å². The first-order chi connectivity index (χ1) is 10.9. The molecule has 124 valence electrons. The van der Waals surface area contributed by atoms with Crippen LogP contribution in [0.2, 0.25) is 0 Å². The second kappa shape index (κ2) is 12.4. The minimum Gasteiger partial charge on any atom is -0.356 e. The second-order valence-corrected chi connectivity index (χ2v) is 4.12. The van der Waals surface area contributed by atoms with E-state index >= 15 is 0 Å². The Hall–Kier alpha value is -3.30. The van der Waals surface area contributed by atoms with Crippen molar-refractivity contribution in [2.24, 2.45) is 0 Å². The molecule has 0 aliphatic heterocycles. The van der Waals surface area contributed by atoms with Gasteiger partial charge >= 0.3 is 0 Å². The van der Waals surface area contributed by atoms with Crippen LogP contribution in [-0.2, 0) is 12.8 Å². The lowest BCUT2D eigenvalue weighted by Gasteiger charge is -1.99. The van der Waals surface area contributed by atoms with E-state index in [2.05, 4.69) is 34.2 Å². The Morgan fingerprint density at radius 2 is 0.957 bits per heavy atom.